The first kappa shape index (κ1) is 28.1. The van der Waals surface area contributed by atoms with Gasteiger partial charge in [-0.3, -0.25) is 0 Å². The highest BCUT2D eigenvalue weighted by molar-refractivity contribution is 6.13. The summed E-state index contributed by atoms with van der Waals surface area (Å²) >= 11 is 0. The SMILES string of the molecule is c1ccc(-n2c3ccccc3c3ccccc32)c(-c2ccccc2-n2c3ccccc3c3c4c(ccc32)C2c3ccccc3C4c3ccccc32)c1. The predicted octanol–water partition coefficient (Wildman–Crippen LogP) is 12.5. The van der Waals surface area contributed by atoms with Gasteiger partial charge in [0, 0.05) is 44.5 Å². The number of para-hydroxylation sites is 5. The maximum absolute atomic E-state index is 2.53. The van der Waals surface area contributed by atoms with Crippen molar-refractivity contribution in [3.8, 4) is 22.5 Å². The van der Waals surface area contributed by atoms with Crippen LogP contribution in [-0.2, 0) is 0 Å². The fraction of sp³-hybridized carbons (Fsp3) is 0.0400. The standard InChI is InChI=1S/C50H32N2/c1-3-21-37-35(19-1)47-36-20-2-4-22-38(36)48(37)50-40(47)29-30-46-49(50)39-23-9-14-28-45(39)52(46)44-27-13-8-18-34(44)33-17-7-12-26-43(33)51-41-24-10-5-15-31(41)32-16-6-11-25-42(32)51/h1-30,47-48H. The van der Waals surface area contributed by atoms with Gasteiger partial charge in [0.1, 0.15) is 0 Å². The molecule has 0 N–H and O–H groups in total. The first-order valence-corrected chi connectivity index (χ1v) is 18.3. The van der Waals surface area contributed by atoms with E-state index in [1.807, 2.05) is 0 Å². The van der Waals surface area contributed by atoms with Crippen LogP contribution in [0.4, 0.5) is 0 Å². The van der Waals surface area contributed by atoms with Crippen LogP contribution in [-0.4, -0.2) is 9.13 Å². The average Bonchev–Trinajstić information content (AvgIpc) is 3.74. The maximum Gasteiger partial charge on any atom is 0.0544 e. The van der Waals surface area contributed by atoms with Crippen molar-refractivity contribution in [2.24, 2.45) is 0 Å². The largest absolute Gasteiger partial charge is 0.309 e. The van der Waals surface area contributed by atoms with Gasteiger partial charge >= 0.3 is 0 Å². The minimum absolute atomic E-state index is 0.196. The van der Waals surface area contributed by atoms with Gasteiger partial charge in [0.05, 0.1) is 33.4 Å². The molecule has 2 heteroatoms. The third-order valence-electron chi connectivity index (χ3n) is 11.9. The van der Waals surface area contributed by atoms with E-state index in [9.17, 15) is 0 Å². The molecule has 2 bridgehead atoms. The fourth-order valence-electron chi connectivity index (χ4n) is 9.95. The Kier molecular flexibility index (Phi) is 5.64. The summed E-state index contributed by atoms with van der Waals surface area (Å²) in [6.07, 6.45) is 0. The van der Waals surface area contributed by atoms with Crippen LogP contribution in [0.1, 0.15) is 45.2 Å². The Morgan fingerprint density at radius 1 is 0.288 bits per heavy atom. The van der Waals surface area contributed by atoms with Crippen molar-refractivity contribution < 1.29 is 0 Å². The monoisotopic (exact) mass is 660 g/mol. The summed E-state index contributed by atoms with van der Waals surface area (Å²) in [5.41, 5.74) is 18.4. The van der Waals surface area contributed by atoms with Gasteiger partial charge in [-0.05, 0) is 69.8 Å². The molecule has 0 spiro atoms. The van der Waals surface area contributed by atoms with Crippen LogP contribution in [0.25, 0.3) is 66.1 Å². The maximum atomic E-state index is 2.53. The molecule has 2 heterocycles. The second-order valence-electron chi connectivity index (χ2n) is 14.3. The highest BCUT2D eigenvalue weighted by Gasteiger charge is 2.42. The fourth-order valence-corrected chi connectivity index (χ4v) is 9.95. The van der Waals surface area contributed by atoms with Gasteiger partial charge < -0.3 is 9.13 Å². The van der Waals surface area contributed by atoms with Gasteiger partial charge in [0.2, 0.25) is 0 Å². The summed E-state index contributed by atoms with van der Waals surface area (Å²) in [5.74, 6) is 0.436. The molecular formula is C50H32N2. The van der Waals surface area contributed by atoms with Gasteiger partial charge in [-0.15, -0.1) is 0 Å². The summed E-state index contributed by atoms with van der Waals surface area (Å²) in [6, 6.07) is 67.6. The van der Waals surface area contributed by atoms with Crippen LogP contribution in [0.3, 0.4) is 0 Å². The molecule has 0 saturated heterocycles. The molecule has 0 unspecified atom stereocenters. The van der Waals surface area contributed by atoms with Crippen LogP contribution in [0, 0.1) is 0 Å². The molecule has 0 amide bonds. The molecule has 10 aromatic rings. The van der Waals surface area contributed by atoms with Crippen molar-refractivity contribution >= 4 is 43.6 Å². The van der Waals surface area contributed by atoms with Crippen molar-refractivity contribution in [1.82, 2.24) is 9.13 Å². The zero-order valence-corrected chi connectivity index (χ0v) is 28.4. The molecule has 242 valence electrons. The molecule has 3 aliphatic carbocycles. The van der Waals surface area contributed by atoms with E-state index in [1.165, 1.54) is 99.5 Å². The third-order valence-corrected chi connectivity index (χ3v) is 11.9. The van der Waals surface area contributed by atoms with Crippen LogP contribution < -0.4 is 0 Å². The molecule has 3 aliphatic rings. The smallest absolute Gasteiger partial charge is 0.0544 e. The zero-order chi connectivity index (χ0) is 33.9. The third kappa shape index (κ3) is 3.58. The Morgan fingerprint density at radius 3 is 1.25 bits per heavy atom. The number of rotatable bonds is 3. The normalized spacial score (nSPS) is 15.7. The first-order chi connectivity index (χ1) is 25.9. The van der Waals surface area contributed by atoms with E-state index in [0.717, 1.165) is 0 Å². The molecule has 0 radical (unpaired) electrons. The molecule has 2 nitrogen and oxygen atoms in total. The number of hydrogen-bond acceptors (Lipinski definition) is 0. The molecule has 0 fully saturated rings. The topological polar surface area (TPSA) is 9.86 Å². The lowest BCUT2D eigenvalue weighted by molar-refractivity contribution is 0.761. The highest BCUT2D eigenvalue weighted by Crippen LogP contribution is 2.58. The van der Waals surface area contributed by atoms with E-state index in [1.54, 1.807) is 0 Å². The Bertz CT molecular complexity index is 3000. The minimum Gasteiger partial charge on any atom is -0.309 e. The summed E-state index contributed by atoms with van der Waals surface area (Å²) in [6.45, 7) is 0. The van der Waals surface area contributed by atoms with Gasteiger partial charge in [-0.25, -0.2) is 0 Å². The summed E-state index contributed by atoms with van der Waals surface area (Å²) < 4.78 is 4.98. The first-order valence-electron chi connectivity index (χ1n) is 18.3. The number of aromatic nitrogens is 2. The van der Waals surface area contributed by atoms with Gasteiger partial charge in [0.15, 0.2) is 0 Å². The molecule has 8 aromatic carbocycles. The highest BCUT2D eigenvalue weighted by atomic mass is 15.0. The lowest BCUT2D eigenvalue weighted by Crippen LogP contribution is -2.27. The van der Waals surface area contributed by atoms with Gasteiger partial charge in [-0.1, -0.05) is 146 Å². The number of hydrogen-bond donors (Lipinski definition) is 0. The molecule has 52 heavy (non-hydrogen) atoms. The van der Waals surface area contributed by atoms with Crippen molar-refractivity contribution in [2.45, 2.75) is 11.8 Å². The van der Waals surface area contributed by atoms with E-state index >= 15 is 0 Å². The number of nitrogens with zero attached hydrogens (tertiary/aromatic N) is 2. The van der Waals surface area contributed by atoms with Crippen molar-refractivity contribution in [3.63, 3.8) is 0 Å². The van der Waals surface area contributed by atoms with E-state index in [0.29, 0.717) is 0 Å². The predicted molar refractivity (Wildman–Crippen MR) is 215 cm³/mol. The molecule has 2 aromatic heterocycles. The second-order valence-corrected chi connectivity index (χ2v) is 14.3. The Morgan fingerprint density at radius 2 is 0.692 bits per heavy atom. The van der Waals surface area contributed by atoms with Gasteiger partial charge in [0.25, 0.3) is 0 Å². The van der Waals surface area contributed by atoms with E-state index < -0.39 is 0 Å². The molecule has 13 rings (SSSR count). The second kappa shape index (κ2) is 10.4. The molecule has 0 aliphatic heterocycles. The lowest BCUT2D eigenvalue weighted by Gasteiger charge is -2.42. The van der Waals surface area contributed by atoms with E-state index in [-0.39, 0.29) is 11.8 Å². The molecule has 0 saturated carbocycles. The summed E-state index contributed by atoms with van der Waals surface area (Å²) in [5, 5.41) is 5.22. The van der Waals surface area contributed by atoms with E-state index in [2.05, 4.69) is 191 Å². The Hall–Kier alpha value is -6.64. The van der Waals surface area contributed by atoms with Crippen LogP contribution in [0.15, 0.2) is 182 Å². The van der Waals surface area contributed by atoms with Gasteiger partial charge in [-0.2, -0.15) is 0 Å². The number of fused-ring (bicyclic) bond motifs is 6. The van der Waals surface area contributed by atoms with Crippen molar-refractivity contribution in [3.05, 3.63) is 215 Å². The van der Waals surface area contributed by atoms with Crippen LogP contribution in [0.2, 0.25) is 0 Å². The van der Waals surface area contributed by atoms with E-state index in [4.69, 9.17) is 0 Å². The average molecular weight is 661 g/mol. The lowest BCUT2D eigenvalue weighted by atomic mass is 9.60. The van der Waals surface area contributed by atoms with Crippen molar-refractivity contribution in [1.29, 1.82) is 0 Å². The summed E-state index contributed by atoms with van der Waals surface area (Å²) in [4.78, 5) is 0. The zero-order valence-electron chi connectivity index (χ0n) is 28.4. The summed E-state index contributed by atoms with van der Waals surface area (Å²) in [7, 11) is 0. The quantitative estimate of drug-likeness (QED) is 0.178. The van der Waals surface area contributed by atoms with Crippen LogP contribution in [0.5, 0.6) is 0 Å². The molecule has 0 atom stereocenters. The minimum atomic E-state index is 0.196. The Labute approximate surface area is 301 Å². The molecular weight excluding hydrogens is 629 g/mol. The Balaban J connectivity index is 1.15. The number of benzene rings is 8. The van der Waals surface area contributed by atoms with Crippen LogP contribution >= 0.6 is 0 Å². The van der Waals surface area contributed by atoms with Crippen molar-refractivity contribution in [2.75, 3.05) is 0 Å².